The molecular weight excluding hydrogens is 238 g/mol. The van der Waals surface area contributed by atoms with E-state index in [0.717, 1.165) is 23.3 Å². The van der Waals surface area contributed by atoms with Crippen molar-refractivity contribution in [2.45, 2.75) is 39.3 Å². The Morgan fingerprint density at radius 1 is 1.32 bits per heavy atom. The predicted molar refractivity (Wildman–Crippen MR) is 78.5 cm³/mol. The number of fused-ring (bicyclic) bond motifs is 1. The fourth-order valence-electron chi connectivity index (χ4n) is 2.34. The fourth-order valence-corrected chi connectivity index (χ4v) is 2.34. The number of methoxy groups -OCH3 is 1. The van der Waals surface area contributed by atoms with Gasteiger partial charge in [0.25, 0.3) is 0 Å². The normalized spacial score (nSPS) is 13.9. The fraction of sp³-hybridized carbons (Fsp3) is 0.500. The van der Waals surface area contributed by atoms with Crippen LogP contribution in [0.4, 0.5) is 0 Å². The topological polar surface area (TPSA) is 34.4 Å². The Balaban J connectivity index is 2.44. The lowest BCUT2D eigenvalue weighted by atomic mass is 9.96. The average Bonchev–Trinajstić information content (AvgIpc) is 2.77. The van der Waals surface area contributed by atoms with Gasteiger partial charge in [-0.3, -0.25) is 0 Å². The maximum absolute atomic E-state index is 5.98. The second-order valence-electron chi connectivity index (χ2n) is 5.49. The Hall–Kier alpha value is -1.32. The highest BCUT2D eigenvalue weighted by atomic mass is 16.5. The van der Waals surface area contributed by atoms with Gasteiger partial charge in [0.2, 0.25) is 0 Å². The summed E-state index contributed by atoms with van der Waals surface area (Å²) in [6, 6.07) is 8.38. The molecule has 19 heavy (non-hydrogen) atoms. The molecule has 0 aliphatic heterocycles. The molecule has 0 radical (unpaired) electrons. The number of rotatable bonds is 5. The lowest BCUT2D eigenvalue weighted by molar-refractivity contribution is -0.0160. The number of hydrogen-bond donors (Lipinski definition) is 1. The van der Waals surface area contributed by atoms with Gasteiger partial charge in [-0.1, -0.05) is 18.6 Å². The van der Waals surface area contributed by atoms with Gasteiger partial charge in [0.05, 0.1) is 11.6 Å². The first-order valence-electron chi connectivity index (χ1n) is 6.76. The summed E-state index contributed by atoms with van der Waals surface area (Å²) >= 11 is 0. The first-order chi connectivity index (χ1) is 8.97. The predicted octanol–water partition coefficient (Wildman–Crippen LogP) is 3.82. The molecule has 1 aromatic heterocycles. The molecule has 0 amide bonds. The number of aryl methyl sites for hydroxylation is 1. The molecule has 0 aliphatic rings. The zero-order chi connectivity index (χ0) is 14.0. The molecule has 0 bridgehead atoms. The van der Waals surface area contributed by atoms with Crippen molar-refractivity contribution < 1.29 is 9.15 Å². The molecule has 1 unspecified atom stereocenters. The quantitative estimate of drug-likeness (QED) is 0.888. The van der Waals surface area contributed by atoms with E-state index in [2.05, 4.69) is 51.2 Å². The summed E-state index contributed by atoms with van der Waals surface area (Å²) < 4.78 is 11.6. The minimum Gasteiger partial charge on any atom is -0.459 e. The molecule has 0 aliphatic carbocycles. The summed E-state index contributed by atoms with van der Waals surface area (Å²) in [6.07, 6.45) is 0. The molecule has 0 saturated heterocycles. The molecule has 2 aromatic rings. The Kier molecular flexibility index (Phi) is 3.97. The van der Waals surface area contributed by atoms with Crippen molar-refractivity contribution in [3.8, 4) is 0 Å². The highest BCUT2D eigenvalue weighted by Crippen LogP contribution is 2.32. The zero-order valence-corrected chi connectivity index (χ0v) is 12.4. The van der Waals surface area contributed by atoms with Gasteiger partial charge in [-0.05, 0) is 45.5 Å². The number of nitrogens with one attached hydrogen (secondary N) is 1. The Bertz CT molecular complexity index is 557. The van der Waals surface area contributed by atoms with Crippen LogP contribution in [0.25, 0.3) is 11.0 Å². The van der Waals surface area contributed by atoms with E-state index in [1.807, 2.05) is 6.07 Å². The van der Waals surface area contributed by atoms with Crippen LogP contribution in [0.15, 0.2) is 28.7 Å². The van der Waals surface area contributed by atoms with Crippen LogP contribution in [0.3, 0.4) is 0 Å². The van der Waals surface area contributed by atoms with E-state index in [9.17, 15) is 0 Å². The van der Waals surface area contributed by atoms with E-state index in [4.69, 9.17) is 9.15 Å². The molecule has 3 nitrogen and oxygen atoms in total. The van der Waals surface area contributed by atoms with E-state index in [1.54, 1.807) is 7.11 Å². The van der Waals surface area contributed by atoms with E-state index < -0.39 is 0 Å². The van der Waals surface area contributed by atoms with Gasteiger partial charge >= 0.3 is 0 Å². The molecule has 2 rings (SSSR count). The molecule has 0 fully saturated rings. The molecular formula is C16H23NO2. The molecule has 104 valence electrons. The second kappa shape index (κ2) is 5.35. The number of furan rings is 1. The molecule has 1 heterocycles. The number of hydrogen-bond acceptors (Lipinski definition) is 3. The van der Waals surface area contributed by atoms with Crippen molar-refractivity contribution in [2.24, 2.45) is 0 Å². The lowest BCUT2D eigenvalue weighted by Gasteiger charge is -2.32. The summed E-state index contributed by atoms with van der Waals surface area (Å²) in [5.41, 5.74) is 1.85. The molecule has 3 heteroatoms. The van der Waals surface area contributed by atoms with Gasteiger partial charge in [0.1, 0.15) is 11.3 Å². The summed E-state index contributed by atoms with van der Waals surface area (Å²) in [7, 11) is 1.73. The molecule has 0 saturated carbocycles. The van der Waals surface area contributed by atoms with Crippen LogP contribution >= 0.6 is 0 Å². The van der Waals surface area contributed by atoms with Gasteiger partial charge in [-0.15, -0.1) is 0 Å². The maximum Gasteiger partial charge on any atom is 0.134 e. The first-order valence-corrected chi connectivity index (χ1v) is 6.76. The van der Waals surface area contributed by atoms with Crippen LogP contribution in [0.1, 0.15) is 38.1 Å². The summed E-state index contributed by atoms with van der Waals surface area (Å²) in [6.45, 7) is 9.18. The van der Waals surface area contributed by atoms with Crippen molar-refractivity contribution in [3.05, 3.63) is 35.6 Å². The first kappa shape index (κ1) is 14.1. The molecule has 1 atom stereocenters. The van der Waals surface area contributed by atoms with Crippen molar-refractivity contribution in [2.75, 3.05) is 13.7 Å². The number of likely N-dealkylation sites (N-methyl/N-ethyl adjacent to an activating group) is 1. The standard InChI is InChI=1S/C16H23NO2/c1-6-17-15(16(3,4)18-5)14-10-12-9-11(2)7-8-13(12)19-14/h7-10,15,17H,6H2,1-5H3. The third-order valence-corrected chi connectivity index (χ3v) is 3.60. The number of benzene rings is 1. The monoisotopic (exact) mass is 261 g/mol. The van der Waals surface area contributed by atoms with Crippen molar-refractivity contribution in [3.63, 3.8) is 0 Å². The van der Waals surface area contributed by atoms with Gasteiger partial charge < -0.3 is 14.5 Å². The van der Waals surface area contributed by atoms with Gasteiger partial charge in [-0.2, -0.15) is 0 Å². The van der Waals surface area contributed by atoms with Gasteiger partial charge in [0, 0.05) is 12.5 Å². The molecule has 1 N–H and O–H groups in total. The lowest BCUT2D eigenvalue weighted by Crippen LogP contribution is -2.40. The van der Waals surface area contributed by atoms with E-state index in [1.165, 1.54) is 5.56 Å². The van der Waals surface area contributed by atoms with Crippen LogP contribution in [0.5, 0.6) is 0 Å². The minimum absolute atomic E-state index is 0.0372. The highest BCUT2D eigenvalue weighted by molar-refractivity contribution is 5.78. The zero-order valence-electron chi connectivity index (χ0n) is 12.4. The Morgan fingerprint density at radius 3 is 2.68 bits per heavy atom. The smallest absolute Gasteiger partial charge is 0.134 e. The van der Waals surface area contributed by atoms with Crippen molar-refractivity contribution in [1.29, 1.82) is 0 Å². The summed E-state index contributed by atoms with van der Waals surface area (Å²) in [5.74, 6) is 0.925. The Morgan fingerprint density at radius 2 is 2.05 bits per heavy atom. The minimum atomic E-state index is -0.321. The van der Waals surface area contributed by atoms with Crippen LogP contribution in [0, 0.1) is 6.92 Å². The second-order valence-corrected chi connectivity index (χ2v) is 5.49. The third-order valence-electron chi connectivity index (χ3n) is 3.60. The van der Waals surface area contributed by atoms with Gasteiger partial charge in [0.15, 0.2) is 0 Å². The molecule has 1 aromatic carbocycles. The van der Waals surface area contributed by atoms with Gasteiger partial charge in [-0.25, -0.2) is 0 Å². The largest absolute Gasteiger partial charge is 0.459 e. The van der Waals surface area contributed by atoms with Crippen LogP contribution in [-0.4, -0.2) is 19.3 Å². The van der Waals surface area contributed by atoms with E-state index in [0.29, 0.717) is 0 Å². The van der Waals surface area contributed by atoms with Crippen molar-refractivity contribution >= 4 is 11.0 Å². The SMILES string of the molecule is CCNC(c1cc2cc(C)ccc2o1)C(C)(C)OC. The third kappa shape index (κ3) is 2.82. The molecule has 0 spiro atoms. The average molecular weight is 261 g/mol. The van der Waals surface area contributed by atoms with Crippen LogP contribution in [-0.2, 0) is 4.74 Å². The van der Waals surface area contributed by atoms with E-state index in [-0.39, 0.29) is 11.6 Å². The highest BCUT2D eigenvalue weighted by Gasteiger charge is 2.32. The Labute approximate surface area is 114 Å². The van der Waals surface area contributed by atoms with Crippen LogP contribution < -0.4 is 5.32 Å². The number of ether oxygens (including phenoxy) is 1. The van der Waals surface area contributed by atoms with Crippen molar-refractivity contribution in [1.82, 2.24) is 5.32 Å². The maximum atomic E-state index is 5.98. The summed E-state index contributed by atoms with van der Waals surface area (Å²) in [4.78, 5) is 0. The summed E-state index contributed by atoms with van der Waals surface area (Å²) in [5, 5.41) is 4.59. The van der Waals surface area contributed by atoms with Crippen LogP contribution in [0.2, 0.25) is 0 Å². The van der Waals surface area contributed by atoms with E-state index >= 15 is 0 Å².